The predicted octanol–water partition coefficient (Wildman–Crippen LogP) is 32.4. The Bertz CT molecular complexity index is 9090. The smallest absolute Gasteiger partial charge is 0.0720 e. The van der Waals surface area contributed by atoms with Crippen molar-refractivity contribution in [1.29, 1.82) is 0 Å². The zero-order chi connectivity index (χ0) is 85.3. The van der Waals surface area contributed by atoms with Gasteiger partial charge in [-0.15, -0.1) is 0 Å². The van der Waals surface area contributed by atoms with Crippen LogP contribution in [0.4, 0.5) is 0 Å². The highest BCUT2D eigenvalue weighted by Gasteiger charge is 2.49. The summed E-state index contributed by atoms with van der Waals surface area (Å²) in [5, 5.41) is 19.9. The molecule has 130 heavy (non-hydrogen) atoms. The van der Waals surface area contributed by atoms with Crippen molar-refractivity contribution >= 4 is 130 Å². The van der Waals surface area contributed by atoms with E-state index in [0.29, 0.717) is 0 Å². The molecule has 0 amide bonds. The highest BCUT2D eigenvalue weighted by atomic mass is 15.0. The van der Waals surface area contributed by atoms with Crippen LogP contribution in [0.1, 0.15) is 44.5 Å². The van der Waals surface area contributed by atoms with Gasteiger partial charge < -0.3 is 18.3 Å². The number of hydrogen-bond donors (Lipinski definition) is 0. The molecule has 0 saturated heterocycles. The predicted molar refractivity (Wildman–Crippen MR) is 546 cm³/mol. The maximum Gasteiger partial charge on any atom is 0.0720 e. The van der Waals surface area contributed by atoms with E-state index in [2.05, 4.69) is 504 Å². The highest BCUT2D eigenvalue weighted by molar-refractivity contribution is 6.22. The molecule has 0 aliphatic heterocycles. The first-order valence-electron chi connectivity index (χ1n) is 45.2. The van der Waals surface area contributed by atoms with Crippen molar-refractivity contribution in [1.82, 2.24) is 18.3 Å². The lowest BCUT2D eigenvalue weighted by Crippen LogP contribution is -2.28. The quantitative estimate of drug-likeness (QED) is 0.130. The van der Waals surface area contributed by atoms with Gasteiger partial charge in [-0.25, -0.2) is 0 Å². The number of nitrogens with zero attached hydrogens (tertiary/aromatic N) is 4. The normalized spacial score (nSPS) is 13.0. The highest BCUT2D eigenvalue weighted by Crippen LogP contribution is 2.62. The lowest BCUT2D eigenvalue weighted by atomic mass is 9.67. The van der Waals surface area contributed by atoms with E-state index < -0.39 is 10.8 Å². The van der Waals surface area contributed by atoms with Crippen LogP contribution in [0.25, 0.3) is 198 Å². The van der Waals surface area contributed by atoms with Gasteiger partial charge in [0.05, 0.1) is 66.3 Å². The Kier molecular flexibility index (Phi) is 16.3. The molecule has 0 spiro atoms. The van der Waals surface area contributed by atoms with Crippen molar-refractivity contribution in [2.45, 2.75) is 10.8 Å². The maximum absolute atomic E-state index is 2.51. The SMILES string of the molecule is c1ccc(C2(c3ccccc3)c3ccccc3-c3c2ccc2c3c3cc(-c4ccc5c(c4)c4ccccc4n5-c4cccc5ccccc45)ccc3n2-c2ccc3ccccc3c2)cc1.c1ccc(C2(c3ccccc3)c3ccccc3-c3ccc4c(c32)c2cc(-c3ccc5c(c3)c3ccccc3n5-c3cccc5ccccc35)ccc2n4-c2ccc3ccccc3c2)cc1. The van der Waals surface area contributed by atoms with E-state index in [-0.39, 0.29) is 0 Å². The molecule has 0 N–H and O–H groups in total. The fourth-order valence-corrected chi connectivity index (χ4v) is 23.3. The minimum Gasteiger partial charge on any atom is -0.309 e. The van der Waals surface area contributed by atoms with E-state index >= 15 is 0 Å². The number of hydrogen-bond acceptors (Lipinski definition) is 0. The van der Waals surface area contributed by atoms with Gasteiger partial charge in [-0.2, -0.15) is 0 Å². The van der Waals surface area contributed by atoms with Crippen molar-refractivity contribution in [2.75, 3.05) is 0 Å². The third kappa shape index (κ3) is 10.7. The third-order valence-corrected chi connectivity index (χ3v) is 28.7. The van der Waals surface area contributed by atoms with Crippen molar-refractivity contribution < 1.29 is 0 Å². The molecule has 2 aliphatic rings. The first kappa shape index (κ1) is 73.4. The number of rotatable bonds is 10. The fraction of sp³-hybridized carbons (Fsp3) is 0.0159. The number of aromatic nitrogens is 4. The van der Waals surface area contributed by atoms with E-state index in [4.69, 9.17) is 0 Å². The van der Waals surface area contributed by atoms with Crippen molar-refractivity contribution in [3.63, 3.8) is 0 Å². The molecule has 0 saturated carbocycles. The second kappa shape index (κ2) is 28.8. The van der Waals surface area contributed by atoms with E-state index in [1.807, 2.05) is 0 Å². The Hall–Kier alpha value is -16.9. The summed E-state index contributed by atoms with van der Waals surface area (Å²) in [7, 11) is 0. The van der Waals surface area contributed by atoms with Gasteiger partial charge in [0.1, 0.15) is 0 Å². The molecule has 0 unspecified atom stereocenters. The minimum atomic E-state index is -0.561. The Balaban J connectivity index is 0.000000134. The molecule has 0 bridgehead atoms. The van der Waals surface area contributed by atoms with Crippen molar-refractivity contribution in [2.24, 2.45) is 0 Å². The van der Waals surface area contributed by atoms with Gasteiger partial charge in [-0.05, 0) is 231 Å². The molecule has 4 heteroatoms. The first-order chi connectivity index (χ1) is 64.5. The molecular formula is C126H80N4. The van der Waals surface area contributed by atoms with Crippen LogP contribution in [-0.4, -0.2) is 18.3 Å². The molecule has 4 aromatic heterocycles. The van der Waals surface area contributed by atoms with Crippen LogP contribution in [0.3, 0.4) is 0 Å². The summed E-state index contributed by atoms with van der Waals surface area (Å²) in [5.74, 6) is 0. The van der Waals surface area contributed by atoms with E-state index in [9.17, 15) is 0 Å². The van der Waals surface area contributed by atoms with Gasteiger partial charge in [0.25, 0.3) is 0 Å². The Morgan fingerprint density at radius 3 is 0.985 bits per heavy atom. The molecule has 0 radical (unpaired) electrons. The van der Waals surface area contributed by atoms with Gasteiger partial charge in [0.15, 0.2) is 0 Å². The summed E-state index contributed by atoms with van der Waals surface area (Å²) >= 11 is 0. The molecule has 28 rings (SSSR count). The topological polar surface area (TPSA) is 19.7 Å². The van der Waals surface area contributed by atoms with E-state index in [0.717, 1.165) is 11.4 Å². The summed E-state index contributed by atoms with van der Waals surface area (Å²) in [5.41, 5.74) is 33.5. The van der Waals surface area contributed by atoms with Crippen molar-refractivity contribution in [3.05, 3.63) is 530 Å². The average Bonchev–Trinajstić information content (AvgIpc) is 1.52. The molecular weight excluding hydrogens is 1570 g/mol. The summed E-state index contributed by atoms with van der Waals surface area (Å²) < 4.78 is 9.90. The molecule has 604 valence electrons. The van der Waals surface area contributed by atoms with Crippen LogP contribution in [0, 0.1) is 0 Å². The molecule has 0 atom stereocenters. The molecule has 26 aromatic rings. The van der Waals surface area contributed by atoms with Crippen LogP contribution in [-0.2, 0) is 10.8 Å². The first-order valence-corrected chi connectivity index (χ1v) is 45.2. The molecule has 0 fully saturated rings. The zero-order valence-electron chi connectivity index (χ0n) is 71.0. The van der Waals surface area contributed by atoms with Gasteiger partial charge in [0.2, 0.25) is 0 Å². The fourth-order valence-electron chi connectivity index (χ4n) is 23.3. The van der Waals surface area contributed by atoms with Crippen LogP contribution in [0.2, 0.25) is 0 Å². The standard InChI is InChI=1S/2C63H40N2/c1-3-20-46(21-4-1)63(47-22-5-2-6-23-47)54-27-13-11-26-51(54)61-55(63)34-37-60-62(61)53-40-45(32-36-59(53)64(60)48-33-30-41-16-7-8-18-43(41)38-48)44-31-35-58-52(39-44)50-25-12-14-28-57(50)65(58)56-29-15-19-42-17-9-10-24-49(42)56;1-3-20-46(21-4-1)63(47-22-5-2-6-23-47)55-27-13-11-25-50(55)52-34-37-60-61(62(52)63)54-40-45(32-36-59(54)64(60)48-33-30-41-16-7-8-18-43(41)38-48)44-31-35-58-53(39-44)51-26-12-14-28-57(51)65(58)56-29-15-19-42-17-9-10-24-49(42)56/h2*1-40H. The summed E-state index contributed by atoms with van der Waals surface area (Å²) in [6.45, 7) is 0. The van der Waals surface area contributed by atoms with Crippen molar-refractivity contribution in [3.8, 4) is 67.3 Å². The van der Waals surface area contributed by atoms with Crippen LogP contribution in [0.15, 0.2) is 485 Å². The Morgan fingerprint density at radius 1 is 0.162 bits per heavy atom. The third-order valence-electron chi connectivity index (χ3n) is 28.7. The van der Waals surface area contributed by atoms with Gasteiger partial charge >= 0.3 is 0 Å². The average molecular weight is 1650 g/mol. The molecule has 2 aliphatic carbocycles. The lowest BCUT2D eigenvalue weighted by molar-refractivity contribution is 0.769. The lowest BCUT2D eigenvalue weighted by Gasteiger charge is -2.34. The number of benzene rings is 22. The summed E-state index contributed by atoms with van der Waals surface area (Å²) in [6, 6.07) is 180. The molecule has 4 nitrogen and oxygen atoms in total. The van der Waals surface area contributed by atoms with E-state index in [1.165, 1.54) is 231 Å². The summed E-state index contributed by atoms with van der Waals surface area (Å²) in [4.78, 5) is 0. The minimum absolute atomic E-state index is 0.499. The van der Waals surface area contributed by atoms with Gasteiger partial charge in [-0.3, -0.25) is 0 Å². The second-order valence-electron chi connectivity index (χ2n) is 35.2. The van der Waals surface area contributed by atoms with Crippen LogP contribution in [0.5, 0.6) is 0 Å². The monoisotopic (exact) mass is 1650 g/mol. The van der Waals surface area contributed by atoms with Crippen LogP contribution >= 0.6 is 0 Å². The number of para-hydroxylation sites is 2. The van der Waals surface area contributed by atoms with Crippen LogP contribution < -0.4 is 0 Å². The zero-order valence-corrected chi connectivity index (χ0v) is 71.0. The Morgan fingerprint density at radius 2 is 0.500 bits per heavy atom. The Labute approximate surface area is 751 Å². The van der Waals surface area contributed by atoms with Gasteiger partial charge in [0, 0.05) is 65.2 Å². The number of fused-ring (bicyclic) bond motifs is 24. The van der Waals surface area contributed by atoms with E-state index in [1.54, 1.807) is 0 Å². The molecule has 4 heterocycles. The second-order valence-corrected chi connectivity index (χ2v) is 35.2. The summed E-state index contributed by atoms with van der Waals surface area (Å²) in [6.07, 6.45) is 0. The maximum atomic E-state index is 2.51. The largest absolute Gasteiger partial charge is 0.309 e. The molecule has 22 aromatic carbocycles. The van der Waals surface area contributed by atoms with Gasteiger partial charge in [-0.1, -0.05) is 376 Å².